The standard InChI is InChI=1S/C10H11N3O3/c1-2-9-11-8(12-16-9)6-13-4-3-7(5-13)10(14)15/h3-5H,2,6H2,1H3,(H,14,15). The Balaban J connectivity index is 2.11. The third kappa shape index (κ3) is 2.10. The average molecular weight is 221 g/mol. The van der Waals surface area contributed by atoms with E-state index in [-0.39, 0.29) is 5.56 Å². The molecule has 2 aromatic rings. The number of aromatic nitrogens is 3. The second-order valence-electron chi connectivity index (χ2n) is 3.34. The monoisotopic (exact) mass is 221 g/mol. The third-order valence-corrected chi connectivity index (χ3v) is 2.13. The minimum absolute atomic E-state index is 0.249. The van der Waals surface area contributed by atoms with Gasteiger partial charge >= 0.3 is 5.97 Å². The molecule has 0 aliphatic rings. The number of carboxylic acids is 1. The normalized spacial score (nSPS) is 10.6. The van der Waals surface area contributed by atoms with E-state index in [4.69, 9.17) is 9.63 Å². The minimum atomic E-state index is -0.943. The van der Waals surface area contributed by atoms with Gasteiger partial charge in [-0.25, -0.2) is 4.79 Å². The van der Waals surface area contributed by atoms with Crippen LogP contribution in [-0.4, -0.2) is 25.8 Å². The maximum atomic E-state index is 10.7. The summed E-state index contributed by atoms with van der Waals surface area (Å²) in [4.78, 5) is 14.8. The Hall–Kier alpha value is -2.11. The highest BCUT2D eigenvalue weighted by atomic mass is 16.5. The zero-order valence-electron chi connectivity index (χ0n) is 8.75. The molecule has 0 unspecified atom stereocenters. The van der Waals surface area contributed by atoms with Gasteiger partial charge in [-0.1, -0.05) is 12.1 Å². The maximum absolute atomic E-state index is 10.7. The number of carbonyl (C=O) groups is 1. The summed E-state index contributed by atoms with van der Waals surface area (Å²) in [7, 11) is 0. The van der Waals surface area contributed by atoms with Crippen LogP contribution in [0.5, 0.6) is 0 Å². The quantitative estimate of drug-likeness (QED) is 0.838. The first-order valence-corrected chi connectivity index (χ1v) is 4.89. The van der Waals surface area contributed by atoms with E-state index in [9.17, 15) is 4.79 Å². The molecule has 0 spiro atoms. The van der Waals surface area contributed by atoms with Crippen LogP contribution in [0.2, 0.25) is 0 Å². The zero-order chi connectivity index (χ0) is 11.5. The van der Waals surface area contributed by atoms with Crippen molar-refractivity contribution in [3.05, 3.63) is 35.7 Å². The van der Waals surface area contributed by atoms with E-state index in [1.807, 2.05) is 6.92 Å². The Morgan fingerprint density at radius 2 is 2.44 bits per heavy atom. The Kier molecular flexibility index (Phi) is 2.72. The van der Waals surface area contributed by atoms with Gasteiger partial charge in [-0.3, -0.25) is 0 Å². The maximum Gasteiger partial charge on any atom is 0.337 e. The lowest BCUT2D eigenvalue weighted by molar-refractivity contribution is 0.0697. The molecule has 0 saturated carbocycles. The highest BCUT2D eigenvalue weighted by molar-refractivity contribution is 5.87. The van der Waals surface area contributed by atoms with E-state index in [2.05, 4.69) is 10.1 Å². The fraction of sp³-hybridized carbons (Fsp3) is 0.300. The van der Waals surface area contributed by atoms with Crippen LogP contribution >= 0.6 is 0 Å². The van der Waals surface area contributed by atoms with Crippen LogP contribution < -0.4 is 0 Å². The molecule has 2 rings (SSSR count). The van der Waals surface area contributed by atoms with Crippen molar-refractivity contribution in [3.63, 3.8) is 0 Å². The highest BCUT2D eigenvalue weighted by Gasteiger charge is 2.07. The number of aryl methyl sites for hydroxylation is 1. The molecule has 0 amide bonds. The van der Waals surface area contributed by atoms with Crippen molar-refractivity contribution in [2.45, 2.75) is 19.9 Å². The zero-order valence-corrected chi connectivity index (χ0v) is 8.75. The van der Waals surface area contributed by atoms with Crippen molar-refractivity contribution < 1.29 is 14.4 Å². The predicted molar refractivity (Wildman–Crippen MR) is 54.2 cm³/mol. The molecule has 6 nitrogen and oxygen atoms in total. The van der Waals surface area contributed by atoms with Crippen LogP contribution in [0.25, 0.3) is 0 Å². The van der Waals surface area contributed by atoms with Crippen molar-refractivity contribution in [1.29, 1.82) is 0 Å². The predicted octanol–water partition coefficient (Wildman–Crippen LogP) is 1.18. The van der Waals surface area contributed by atoms with Crippen molar-refractivity contribution in [1.82, 2.24) is 14.7 Å². The number of hydrogen-bond acceptors (Lipinski definition) is 4. The van der Waals surface area contributed by atoms with Gasteiger partial charge in [-0.05, 0) is 6.07 Å². The van der Waals surface area contributed by atoms with Crippen molar-refractivity contribution in [2.24, 2.45) is 0 Å². The van der Waals surface area contributed by atoms with Gasteiger partial charge in [0.15, 0.2) is 5.82 Å². The van der Waals surface area contributed by atoms with E-state index >= 15 is 0 Å². The molecule has 1 N–H and O–H groups in total. The van der Waals surface area contributed by atoms with Crippen LogP contribution in [0.1, 0.15) is 29.0 Å². The molecule has 2 heterocycles. The van der Waals surface area contributed by atoms with Crippen molar-refractivity contribution in [3.8, 4) is 0 Å². The number of aromatic carboxylic acids is 1. The first-order valence-electron chi connectivity index (χ1n) is 4.89. The van der Waals surface area contributed by atoms with Gasteiger partial charge in [0.1, 0.15) is 0 Å². The molecule has 2 aromatic heterocycles. The number of carboxylic acid groups (broad SMARTS) is 1. The van der Waals surface area contributed by atoms with Gasteiger partial charge in [0, 0.05) is 18.8 Å². The molecule has 0 radical (unpaired) electrons. The summed E-state index contributed by atoms with van der Waals surface area (Å²) in [5, 5.41) is 12.5. The summed E-state index contributed by atoms with van der Waals surface area (Å²) in [6, 6.07) is 1.53. The van der Waals surface area contributed by atoms with Gasteiger partial charge in [0.2, 0.25) is 5.89 Å². The lowest BCUT2D eigenvalue weighted by Gasteiger charge is -1.95. The topological polar surface area (TPSA) is 81.2 Å². The lowest BCUT2D eigenvalue weighted by Crippen LogP contribution is -1.99. The summed E-state index contributed by atoms with van der Waals surface area (Å²) in [6.07, 6.45) is 3.90. The Morgan fingerprint density at radius 3 is 3.00 bits per heavy atom. The summed E-state index contributed by atoms with van der Waals surface area (Å²) in [6.45, 7) is 2.34. The summed E-state index contributed by atoms with van der Waals surface area (Å²) < 4.78 is 6.65. The third-order valence-electron chi connectivity index (χ3n) is 2.13. The van der Waals surface area contributed by atoms with Crippen LogP contribution in [0, 0.1) is 0 Å². The Labute approximate surface area is 91.5 Å². The molecule has 6 heteroatoms. The molecule has 0 aromatic carbocycles. The minimum Gasteiger partial charge on any atom is -0.478 e. The summed E-state index contributed by atoms with van der Waals surface area (Å²) in [5.74, 6) is 0.186. The fourth-order valence-corrected chi connectivity index (χ4v) is 1.33. The van der Waals surface area contributed by atoms with Crippen molar-refractivity contribution >= 4 is 5.97 Å². The van der Waals surface area contributed by atoms with Gasteiger partial charge in [-0.2, -0.15) is 4.98 Å². The molecule has 84 valence electrons. The highest BCUT2D eigenvalue weighted by Crippen LogP contribution is 2.05. The van der Waals surface area contributed by atoms with E-state index in [0.29, 0.717) is 24.7 Å². The Morgan fingerprint density at radius 1 is 1.62 bits per heavy atom. The van der Waals surface area contributed by atoms with E-state index in [0.717, 1.165) is 0 Å². The molecule has 0 fully saturated rings. The second kappa shape index (κ2) is 4.18. The second-order valence-corrected chi connectivity index (χ2v) is 3.34. The average Bonchev–Trinajstić information content (AvgIpc) is 2.87. The van der Waals surface area contributed by atoms with Crippen molar-refractivity contribution in [2.75, 3.05) is 0 Å². The van der Waals surface area contributed by atoms with E-state index < -0.39 is 5.97 Å². The molecule has 0 atom stereocenters. The lowest BCUT2D eigenvalue weighted by atomic mass is 10.4. The smallest absolute Gasteiger partial charge is 0.337 e. The van der Waals surface area contributed by atoms with Crippen LogP contribution in [0.3, 0.4) is 0 Å². The number of hydrogen-bond donors (Lipinski definition) is 1. The number of rotatable bonds is 4. The summed E-state index contributed by atoms with van der Waals surface area (Å²) in [5.41, 5.74) is 0.249. The molecule has 16 heavy (non-hydrogen) atoms. The van der Waals surface area contributed by atoms with Crippen LogP contribution in [0.4, 0.5) is 0 Å². The SMILES string of the molecule is CCc1nc(Cn2ccc(C(=O)O)c2)no1. The number of nitrogens with zero attached hydrogens (tertiary/aromatic N) is 3. The summed E-state index contributed by atoms with van der Waals surface area (Å²) >= 11 is 0. The molecule has 0 aliphatic heterocycles. The first kappa shape index (κ1) is 10.4. The fourth-order valence-electron chi connectivity index (χ4n) is 1.33. The first-order chi connectivity index (χ1) is 7.69. The molecule has 0 saturated heterocycles. The van der Waals surface area contributed by atoms with Crippen LogP contribution in [-0.2, 0) is 13.0 Å². The molecule has 0 bridgehead atoms. The van der Waals surface area contributed by atoms with Gasteiger partial charge in [-0.15, -0.1) is 0 Å². The van der Waals surface area contributed by atoms with Gasteiger partial charge < -0.3 is 14.2 Å². The van der Waals surface area contributed by atoms with E-state index in [1.165, 1.54) is 12.3 Å². The van der Waals surface area contributed by atoms with Gasteiger partial charge in [0.25, 0.3) is 0 Å². The van der Waals surface area contributed by atoms with Gasteiger partial charge in [0.05, 0.1) is 12.1 Å². The molecular weight excluding hydrogens is 210 g/mol. The molecular formula is C10H11N3O3. The largest absolute Gasteiger partial charge is 0.478 e. The molecule has 0 aliphatic carbocycles. The van der Waals surface area contributed by atoms with E-state index in [1.54, 1.807) is 10.8 Å². The Bertz CT molecular complexity index is 501. The van der Waals surface area contributed by atoms with Crippen LogP contribution in [0.15, 0.2) is 23.0 Å².